The zero-order valence-electron chi connectivity index (χ0n) is 10.1. The van der Waals surface area contributed by atoms with Gasteiger partial charge in [-0.15, -0.1) is 0 Å². The van der Waals surface area contributed by atoms with E-state index >= 15 is 0 Å². The number of hydrogen-bond donors (Lipinski definition) is 3. The quantitative estimate of drug-likeness (QED) is 0.737. The maximum absolute atomic E-state index is 9.22. The number of benzene rings is 1. The summed E-state index contributed by atoms with van der Waals surface area (Å²) in [6, 6.07) is 6.55. The summed E-state index contributed by atoms with van der Waals surface area (Å²) in [7, 11) is 0. The summed E-state index contributed by atoms with van der Waals surface area (Å²) < 4.78 is 0. The van der Waals surface area contributed by atoms with Crippen LogP contribution in [0.2, 0.25) is 0 Å². The fourth-order valence-corrected chi connectivity index (χ4v) is 2.84. The molecule has 1 aliphatic carbocycles. The van der Waals surface area contributed by atoms with E-state index in [1.165, 1.54) is 16.8 Å². The van der Waals surface area contributed by atoms with E-state index in [1.807, 2.05) is 0 Å². The summed E-state index contributed by atoms with van der Waals surface area (Å²) in [6.45, 7) is 3.03. The highest BCUT2D eigenvalue weighted by Crippen LogP contribution is 2.28. The molecule has 3 nitrogen and oxygen atoms in total. The molecule has 3 heteroatoms. The highest BCUT2D eigenvalue weighted by Gasteiger charge is 2.26. The van der Waals surface area contributed by atoms with Gasteiger partial charge in [0.15, 0.2) is 0 Å². The van der Waals surface area contributed by atoms with Gasteiger partial charge in [0.1, 0.15) is 0 Å². The first-order valence-electron chi connectivity index (χ1n) is 6.56. The Balaban J connectivity index is 1.53. The van der Waals surface area contributed by atoms with Gasteiger partial charge in [0, 0.05) is 18.8 Å². The van der Waals surface area contributed by atoms with Gasteiger partial charge in [0.05, 0.1) is 6.10 Å². The number of hydrogen-bond acceptors (Lipinski definition) is 3. The largest absolute Gasteiger partial charge is 0.393 e. The molecule has 1 aromatic rings. The Morgan fingerprint density at radius 3 is 3.06 bits per heavy atom. The first kappa shape index (κ1) is 11.1. The van der Waals surface area contributed by atoms with Crippen molar-refractivity contribution in [2.75, 3.05) is 18.4 Å². The molecule has 0 aromatic heterocycles. The van der Waals surface area contributed by atoms with Crippen LogP contribution in [0.3, 0.4) is 0 Å². The van der Waals surface area contributed by atoms with Gasteiger partial charge in [-0.2, -0.15) is 0 Å². The molecule has 0 radical (unpaired) electrons. The Labute approximate surface area is 102 Å². The topological polar surface area (TPSA) is 44.3 Å². The predicted octanol–water partition coefficient (Wildman–Crippen LogP) is 1.52. The Kier molecular flexibility index (Phi) is 3.04. The molecule has 1 heterocycles. The number of fused-ring (bicyclic) bond motifs is 1. The molecule has 92 valence electrons. The van der Waals surface area contributed by atoms with Gasteiger partial charge >= 0.3 is 0 Å². The lowest BCUT2D eigenvalue weighted by Gasteiger charge is -2.31. The highest BCUT2D eigenvalue weighted by atomic mass is 16.3. The number of aliphatic hydroxyl groups excluding tert-OH is 1. The van der Waals surface area contributed by atoms with Gasteiger partial charge in [0.2, 0.25) is 0 Å². The van der Waals surface area contributed by atoms with Crippen molar-refractivity contribution >= 4 is 5.69 Å². The molecular formula is C14H20N2O. The van der Waals surface area contributed by atoms with Crippen molar-refractivity contribution in [2.24, 2.45) is 5.92 Å². The van der Waals surface area contributed by atoms with E-state index in [2.05, 4.69) is 28.8 Å². The molecule has 0 spiro atoms. The van der Waals surface area contributed by atoms with Crippen molar-refractivity contribution in [3.8, 4) is 0 Å². The number of anilines is 1. The molecule has 0 saturated heterocycles. The van der Waals surface area contributed by atoms with E-state index in [9.17, 15) is 5.11 Å². The Morgan fingerprint density at radius 1 is 1.35 bits per heavy atom. The van der Waals surface area contributed by atoms with Crippen molar-refractivity contribution in [1.29, 1.82) is 0 Å². The Bertz CT molecular complexity index is 399. The SMILES string of the molecule is OC1CC(CNCc2cccc3c2NCC3)C1. The molecule has 2 aliphatic rings. The van der Waals surface area contributed by atoms with Crippen molar-refractivity contribution in [3.05, 3.63) is 29.3 Å². The van der Waals surface area contributed by atoms with Crippen LogP contribution in [0.1, 0.15) is 24.0 Å². The number of nitrogens with one attached hydrogen (secondary N) is 2. The smallest absolute Gasteiger partial charge is 0.0546 e. The van der Waals surface area contributed by atoms with E-state index in [-0.39, 0.29) is 6.10 Å². The van der Waals surface area contributed by atoms with Crippen molar-refractivity contribution in [3.63, 3.8) is 0 Å². The van der Waals surface area contributed by atoms with Crippen LogP contribution in [0.25, 0.3) is 0 Å². The molecule has 1 saturated carbocycles. The minimum atomic E-state index is -0.0376. The van der Waals surface area contributed by atoms with Crippen LogP contribution in [0.4, 0.5) is 5.69 Å². The van der Waals surface area contributed by atoms with Crippen LogP contribution in [-0.2, 0) is 13.0 Å². The molecule has 3 rings (SSSR count). The lowest BCUT2D eigenvalue weighted by molar-refractivity contribution is 0.0430. The molecule has 1 aliphatic heterocycles. The van der Waals surface area contributed by atoms with Gasteiger partial charge in [-0.1, -0.05) is 18.2 Å². The second kappa shape index (κ2) is 4.67. The van der Waals surface area contributed by atoms with Crippen LogP contribution >= 0.6 is 0 Å². The van der Waals surface area contributed by atoms with Gasteiger partial charge < -0.3 is 15.7 Å². The van der Waals surface area contributed by atoms with Crippen LogP contribution in [0, 0.1) is 5.92 Å². The fourth-order valence-electron chi connectivity index (χ4n) is 2.84. The molecule has 0 amide bonds. The lowest BCUT2D eigenvalue weighted by Crippen LogP contribution is -2.35. The first-order valence-corrected chi connectivity index (χ1v) is 6.56. The van der Waals surface area contributed by atoms with Gasteiger partial charge in [-0.3, -0.25) is 0 Å². The summed E-state index contributed by atoms with van der Waals surface area (Å²) in [4.78, 5) is 0. The summed E-state index contributed by atoms with van der Waals surface area (Å²) >= 11 is 0. The summed E-state index contributed by atoms with van der Waals surface area (Å²) in [6.07, 6.45) is 3.05. The third-order valence-corrected chi connectivity index (χ3v) is 3.89. The molecule has 0 atom stereocenters. The van der Waals surface area contributed by atoms with E-state index in [1.54, 1.807) is 0 Å². The zero-order valence-corrected chi connectivity index (χ0v) is 10.1. The Hall–Kier alpha value is -1.06. The summed E-state index contributed by atoms with van der Waals surface area (Å²) in [5, 5.41) is 16.2. The summed E-state index contributed by atoms with van der Waals surface area (Å²) in [5.74, 6) is 0.676. The third-order valence-electron chi connectivity index (χ3n) is 3.89. The van der Waals surface area contributed by atoms with E-state index in [0.29, 0.717) is 5.92 Å². The van der Waals surface area contributed by atoms with Crippen molar-refractivity contribution in [2.45, 2.75) is 31.9 Å². The minimum Gasteiger partial charge on any atom is -0.393 e. The van der Waals surface area contributed by atoms with E-state index in [0.717, 1.165) is 38.9 Å². The van der Waals surface area contributed by atoms with Crippen LogP contribution in [0.5, 0.6) is 0 Å². The average Bonchev–Trinajstić information content (AvgIpc) is 2.75. The fraction of sp³-hybridized carbons (Fsp3) is 0.571. The molecular weight excluding hydrogens is 212 g/mol. The van der Waals surface area contributed by atoms with Crippen LogP contribution < -0.4 is 10.6 Å². The van der Waals surface area contributed by atoms with Crippen LogP contribution in [-0.4, -0.2) is 24.3 Å². The van der Waals surface area contributed by atoms with Crippen molar-refractivity contribution in [1.82, 2.24) is 5.32 Å². The molecule has 1 fully saturated rings. The summed E-state index contributed by atoms with van der Waals surface area (Å²) in [5.41, 5.74) is 4.16. The third kappa shape index (κ3) is 2.31. The molecule has 0 bridgehead atoms. The second-order valence-corrected chi connectivity index (χ2v) is 5.25. The molecule has 17 heavy (non-hydrogen) atoms. The molecule has 0 unspecified atom stereocenters. The molecule has 1 aromatic carbocycles. The van der Waals surface area contributed by atoms with E-state index < -0.39 is 0 Å². The average molecular weight is 232 g/mol. The maximum atomic E-state index is 9.22. The highest BCUT2D eigenvalue weighted by molar-refractivity contribution is 5.61. The Morgan fingerprint density at radius 2 is 2.24 bits per heavy atom. The standard InChI is InChI=1S/C14H20N2O/c17-13-6-10(7-13)8-15-9-12-3-1-2-11-4-5-16-14(11)12/h1-3,10,13,15-17H,4-9H2. The minimum absolute atomic E-state index is 0.0376. The van der Waals surface area contributed by atoms with E-state index in [4.69, 9.17) is 0 Å². The number of aliphatic hydroxyl groups is 1. The predicted molar refractivity (Wildman–Crippen MR) is 69.1 cm³/mol. The number of rotatable bonds is 4. The van der Waals surface area contributed by atoms with Gasteiger partial charge in [0.25, 0.3) is 0 Å². The second-order valence-electron chi connectivity index (χ2n) is 5.25. The maximum Gasteiger partial charge on any atom is 0.0546 e. The van der Waals surface area contributed by atoms with Crippen molar-refractivity contribution < 1.29 is 5.11 Å². The van der Waals surface area contributed by atoms with Gasteiger partial charge in [-0.05, 0) is 42.9 Å². The number of para-hydroxylation sites is 1. The first-order chi connectivity index (χ1) is 8.33. The normalized spacial score (nSPS) is 26.2. The molecule has 3 N–H and O–H groups in total. The van der Waals surface area contributed by atoms with Gasteiger partial charge in [-0.25, -0.2) is 0 Å². The zero-order chi connectivity index (χ0) is 11.7. The monoisotopic (exact) mass is 232 g/mol. The van der Waals surface area contributed by atoms with Crippen LogP contribution in [0.15, 0.2) is 18.2 Å². The lowest BCUT2D eigenvalue weighted by atomic mass is 9.82.